The van der Waals surface area contributed by atoms with Crippen LogP contribution in [0.25, 0.3) is 0 Å². The Labute approximate surface area is 118 Å². The maximum Gasteiger partial charge on any atom is 0.243 e. The second-order valence-electron chi connectivity index (χ2n) is 4.40. The fourth-order valence-electron chi connectivity index (χ4n) is 2.11. The fourth-order valence-corrected chi connectivity index (χ4v) is 3.84. The molecule has 2 heterocycles. The summed E-state index contributed by atoms with van der Waals surface area (Å²) in [6, 6.07) is 2.83. The van der Waals surface area contributed by atoms with Crippen molar-refractivity contribution in [1.82, 2.24) is 9.29 Å². The summed E-state index contributed by atoms with van der Waals surface area (Å²) in [7, 11) is -3.53. The lowest BCUT2D eigenvalue weighted by atomic mass is 10.2. The zero-order valence-corrected chi connectivity index (χ0v) is 12.3. The Morgan fingerprint density at radius 1 is 1.58 bits per heavy atom. The van der Waals surface area contributed by atoms with Gasteiger partial charge in [-0.3, -0.25) is 0 Å². The Bertz CT molecular complexity index is 530. The van der Waals surface area contributed by atoms with Gasteiger partial charge in [0.2, 0.25) is 10.0 Å². The molecule has 2 rings (SSSR count). The largest absolute Gasteiger partial charge is 0.377 e. The highest BCUT2D eigenvalue weighted by Crippen LogP contribution is 2.21. The van der Waals surface area contributed by atoms with Crippen LogP contribution in [0.5, 0.6) is 0 Å². The van der Waals surface area contributed by atoms with Gasteiger partial charge in [-0.25, -0.2) is 13.4 Å². The molecule has 5 nitrogen and oxygen atoms in total. The van der Waals surface area contributed by atoms with E-state index in [1.54, 1.807) is 0 Å². The standard InChI is InChI=1S/C12H17ClN2O3S/c1-2-15(9-10-4-3-7-18-10)19(16,17)11-5-6-14-12(13)8-11/h5-6,8,10H,2-4,7,9H2,1H3. The molecule has 0 radical (unpaired) electrons. The first-order valence-electron chi connectivity index (χ1n) is 6.27. The monoisotopic (exact) mass is 304 g/mol. The van der Waals surface area contributed by atoms with Crippen molar-refractivity contribution in [2.45, 2.75) is 30.8 Å². The molecule has 1 aliphatic rings. The molecule has 0 aliphatic carbocycles. The lowest BCUT2D eigenvalue weighted by molar-refractivity contribution is 0.0947. The number of aromatic nitrogens is 1. The quantitative estimate of drug-likeness (QED) is 0.780. The maximum absolute atomic E-state index is 12.5. The third kappa shape index (κ3) is 3.45. The van der Waals surface area contributed by atoms with Gasteiger partial charge < -0.3 is 4.74 Å². The highest BCUT2D eigenvalue weighted by atomic mass is 35.5. The van der Waals surface area contributed by atoms with Crippen molar-refractivity contribution in [3.63, 3.8) is 0 Å². The van der Waals surface area contributed by atoms with Gasteiger partial charge in [0.05, 0.1) is 11.0 Å². The fraction of sp³-hybridized carbons (Fsp3) is 0.583. The highest BCUT2D eigenvalue weighted by Gasteiger charge is 2.28. The summed E-state index contributed by atoms with van der Waals surface area (Å²) in [4.78, 5) is 3.97. The molecule has 1 aromatic heterocycles. The number of sulfonamides is 1. The topological polar surface area (TPSA) is 59.5 Å². The van der Waals surface area contributed by atoms with Gasteiger partial charge in [-0.2, -0.15) is 4.31 Å². The number of hydrogen-bond donors (Lipinski definition) is 0. The molecule has 19 heavy (non-hydrogen) atoms. The van der Waals surface area contributed by atoms with Crippen molar-refractivity contribution in [3.8, 4) is 0 Å². The molecule has 0 saturated carbocycles. The van der Waals surface area contributed by atoms with E-state index in [1.807, 2.05) is 6.92 Å². The van der Waals surface area contributed by atoms with Crippen LogP contribution in [0, 0.1) is 0 Å². The minimum absolute atomic E-state index is 0.00738. The average Bonchev–Trinajstić information content (AvgIpc) is 2.88. The second kappa shape index (κ2) is 6.17. The molecule has 1 saturated heterocycles. The molecule has 0 aromatic carbocycles. The van der Waals surface area contributed by atoms with Gasteiger partial charge in [-0.1, -0.05) is 18.5 Å². The van der Waals surface area contributed by atoms with E-state index < -0.39 is 10.0 Å². The lowest BCUT2D eigenvalue weighted by Gasteiger charge is -2.23. The first-order valence-corrected chi connectivity index (χ1v) is 8.09. The molecule has 7 heteroatoms. The molecule has 1 unspecified atom stereocenters. The number of nitrogens with zero attached hydrogens (tertiary/aromatic N) is 2. The van der Waals surface area contributed by atoms with Crippen molar-refractivity contribution in [2.75, 3.05) is 19.7 Å². The molecular weight excluding hydrogens is 288 g/mol. The molecule has 0 bridgehead atoms. The number of hydrogen-bond acceptors (Lipinski definition) is 4. The minimum atomic E-state index is -3.53. The number of ether oxygens (including phenoxy) is 1. The van der Waals surface area contributed by atoms with E-state index in [0.717, 1.165) is 12.8 Å². The normalized spacial score (nSPS) is 20.1. The summed E-state index contributed by atoms with van der Waals surface area (Å²) < 4.78 is 31.9. The molecular formula is C12H17ClN2O3S. The van der Waals surface area contributed by atoms with Crippen molar-refractivity contribution in [3.05, 3.63) is 23.5 Å². The van der Waals surface area contributed by atoms with Crippen molar-refractivity contribution in [2.24, 2.45) is 0 Å². The predicted molar refractivity (Wildman–Crippen MR) is 72.7 cm³/mol. The van der Waals surface area contributed by atoms with Crippen LogP contribution >= 0.6 is 11.6 Å². The number of pyridine rings is 1. The van der Waals surface area contributed by atoms with Gasteiger partial charge in [0, 0.05) is 25.9 Å². The van der Waals surface area contributed by atoms with Gasteiger partial charge in [0.25, 0.3) is 0 Å². The van der Waals surface area contributed by atoms with Crippen LogP contribution in [0.1, 0.15) is 19.8 Å². The summed E-state index contributed by atoms with van der Waals surface area (Å²) in [6.45, 7) is 3.32. The van der Waals surface area contributed by atoms with Crippen LogP contribution in [-0.2, 0) is 14.8 Å². The predicted octanol–water partition coefficient (Wildman–Crippen LogP) is 1.92. The zero-order valence-electron chi connectivity index (χ0n) is 10.8. The van der Waals surface area contributed by atoms with E-state index in [2.05, 4.69) is 4.98 Å². The van der Waals surface area contributed by atoms with E-state index in [4.69, 9.17) is 16.3 Å². The van der Waals surface area contributed by atoms with E-state index in [9.17, 15) is 8.42 Å². The summed E-state index contributed by atoms with van der Waals surface area (Å²) in [5.74, 6) is 0. The summed E-state index contributed by atoms with van der Waals surface area (Å²) in [5, 5.41) is 0.175. The van der Waals surface area contributed by atoms with Crippen molar-refractivity contribution >= 4 is 21.6 Å². The van der Waals surface area contributed by atoms with Gasteiger partial charge in [0.15, 0.2) is 0 Å². The van der Waals surface area contributed by atoms with E-state index in [1.165, 1.54) is 22.6 Å². The highest BCUT2D eigenvalue weighted by molar-refractivity contribution is 7.89. The third-order valence-electron chi connectivity index (χ3n) is 3.12. The van der Waals surface area contributed by atoms with E-state index >= 15 is 0 Å². The maximum atomic E-state index is 12.5. The molecule has 106 valence electrons. The molecule has 0 spiro atoms. The second-order valence-corrected chi connectivity index (χ2v) is 6.73. The van der Waals surface area contributed by atoms with Gasteiger partial charge in [-0.15, -0.1) is 0 Å². The Morgan fingerprint density at radius 2 is 2.37 bits per heavy atom. The molecule has 1 aromatic rings. The summed E-state index contributed by atoms with van der Waals surface area (Å²) >= 11 is 5.75. The van der Waals surface area contributed by atoms with Gasteiger partial charge in [-0.05, 0) is 25.0 Å². The minimum Gasteiger partial charge on any atom is -0.377 e. The zero-order chi connectivity index (χ0) is 13.9. The van der Waals surface area contributed by atoms with Crippen LogP contribution in [-0.4, -0.2) is 43.5 Å². The SMILES string of the molecule is CCN(CC1CCCO1)S(=O)(=O)c1ccnc(Cl)c1. The molecule has 1 aliphatic heterocycles. The number of halogens is 1. The number of likely N-dealkylation sites (N-methyl/N-ethyl adjacent to an activating group) is 1. The van der Waals surface area contributed by atoms with Gasteiger partial charge in [0.1, 0.15) is 5.15 Å². The Balaban J connectivity index is 2.20. The Hall–Kier alpha value is -0.690. The molecule has 0 N–H and O–H groups in total. The van der Waals surface area contributed by atoms with Crippen LogP contribution in [0.4, 0.5) is 0 Å². The summed E-state index contributed by atoms with van der Waals surface area (Å²) in [6.07, 6.45) is 3.29. The molecule has 1 fully saturated rings. The van der Waals surface area contributed by atoms with Gasteiger partial charge >= 0.3 is 0 Å². The molecule has 1 atom stereocenters. The van der Waals surface area contributed by atoms with Crippen molar-refractivity contribution in [1.29, 1.82) is 0 Å². The van der Waals surface area contributed by atoms with Crippen molar-refractivity contribution < 1.29 is 13.2 Å². The van der Waals surface area contributed by atoms with Crippen LogP contribution in [0.2, 0.25) is 5.15 Å². The Kier molecular flexibility index (Phi) is 4.78. The van der Waals surface area contributed by atoms with E-state index in [0.29, 0.717) is 19.7 Å². The first kappa shape index (κ1) is 14.7. The molecule has 0 amide bonds. The summed E-state index contributed by atoms with van der Waals surface area (Å²) in [5.41, 5.74) is 0. The third-order valence-corrected chi connectivity index (χ3v) is 5.26. The first-order chi connectivity index (χ1) is 9.04. The average molecular weight is 305 g/mol. The van der Waals surface area contributed by atoms with Crippen LogP contribution in [0.15, 0.2) is 23.2 Å². The lowest BCUT2D eigenvalue weighted by Crippen LogP contribution is -2.37. The number of rotatable bonds is 5. The Morgan fingerprint density at radius 3 is 2.95 bits per heavy atom. The smallest absolute Gasteiger partial charge is 0.243 e. The van der Waals surface area contributed by atoms with Crippen LogP contribution < -0.4 is 0 Å². The van der Waals surface area contributed by atoms with Crippen LogP contribution in [0.3, 0.4) is 0 Å². The van der Waals surface area contributed by atoms with E-state index in [-0.39, 0.29) is 16.2 Å².